The molecule has 1 saturated heterocycles. The molecule has 0 radical (unpaired) electrons. The SMILES string of the molecule is CCC1CCC(C)N1c1cccc(Br)c1C(N)=S. The standard InChI is InChI=1S/C14H19BrN2S/c1-3-10-8-7-9(2)17(10)12-6-4-5-11(15)13(12)14(16)18/h4-6,9-10H,3,7-8H2,1-2H3,(H2,16,18). The Bertz CT molecular complexity index is 461. The minimum absolute atomic E-state index is 0.464. The maximum atomic E-state index is 5.89. The average molecular weight is 327 g/mol. The quantitative estimate of drug-likeness (QED) is 0.855. The molecule has 0 aromatic heterocycles. The van der Waals surface area contributed by atoms with Gasteiger partial charge in [0.2, 0.25) is 0 Å². The molecule has 1 aliphatic rings. The molecule has 1 aliphatic heterocycles. The van der Waals surface area contributed by atoms with Crippen LogP contribution in [0.25, 0.3) is 0 Å². The van der Waals surface area contributed by atoms with Gasteiger partial charge in [-0.3, -0.25) is 0 Å². The van der Waals surface area contributed by atoms with Crippen LogP contribution in [-0.4, -0.2) is 17.1 Å². The van der Waals surface area contributed by atoms with E-state index in [-0.39, 0.29) is 0 Å². The van der Waals surface area contributed by atoms with E-state index >= 15 is 0 Å². The van der Waals surface area contributed by atoms with Crippen molar-refractivity contribution in [2.75, 3.05) is 4.90 Å². The fourth-order valence-electron chi connectivity index (χ4n) is 2.88. The van der Waals surface area contributed by atoms with Gasteiger partial charge in [-0.1, -0.05) is 25.2 Å². The monoisotopic (exact) mass is 326 g/mol. The summed E-state index contributed by atoms with van der Waals surface area (Å²) in [5, 5.41) is 0. The van der Waals surface area contributed by atoms with Crippen molar-refractivity contribution in [3.05, 3.63) is 28.2 Å². The number of nitrogens with two attached hydrogens (primary N) is 1. The predicted octanol–water partition coefficient (Wildman–Crippen LogP) is 3.85. The lowest BCUT2D eigenvalue weighted by molar-refractivity contribution is 0.627. The van der Waals surface area contributed by atoms with Gasteiger partial charge in [-0.15, -0.1) is 0 Å². The maximum Gasteiger partial charge on any atom is 0.107 e. The van der Waals surface area contributed by atoms with Gasteiger partial charge in [0.15, 0.2) is 0 Å². The number of nitrogens with zero attached hydrogens (tertiary/aromatic N) is 1. The molecule has 0 amide bonds. The summed E-state index contributed by atoms with van der Waals surface area (Å²) in [4.78, 5) is 2.95. The summed E-state index contributed by atoms with van der Waals surface area (Å²) in [6.45, 7) is 4.52. The third-order valence-electron chi connectivity index (χ3n) is 3.77. The second-order valence-electron chi connectivity index (χ2n) is 4.89. The topological polar surface area (TPSA) is 29.3 Å². The Hall–Kier alpha value is -0.610. The van der Waals surface area contributed by atoms with Crippen LogP contribution in [0.15, 0.2) is 22.7 Å². The molecular formula is C14H19BrN2S. The van der Waals surface area contributed by atoms with Gasteiger partial charge in [-0.2, -0.15) is 0 Å². The molecule has 2 atom stereocenters. The van der Waals surface area contributed by atoms with Gasteiger partial charge in [0.1, 0.15) is 4.99 Å². The van der Waals surface area contributed by atoms with Crippen molar-refractivity contribution in [3.63, 3.8) is 0 Å². The third kappa shape index (κ3) is 2.41. The molecule has 2 nitrogen and oxygen atoms in total. The molecule has 0 saturated carbocycles. The fourth-order valence-corrected chi connectivity index (χ4v) is 3.79. The van der Waals surface area contributed by atoms with Crippen molar-refractivity contribution in [1.82, 2.24) is 0 Å². The van der Waals surface area contributed by atoms with Gasteiger partial charge in [0.25, 0.3) is 0 Å². The summed E-state index contributed by atoms with van der Waals surface area (Å²) in [6, 6.07) is 7.34. The summed E-state index contributed by atoms with van der Waals surface area (Å²) in [5.41, 5.74) is 8.04. The molecule has 2 rings (SSSR count). The molecule has 2 unspecified atom stereocenters. The lowest BCUT2D eigenvalue weighted by atomic mass is 10.1. The highest BCUT2D eigenvalue weighted by atomic mass is 79.9. The van der Waals surface area contributed by atoms with Crippen molar-refractivity contribution >= 4 is 38.8 Å². The molecule has 0 bridgehead atoms. The van der Waals surface area contributed by atoms with Crippen LogP contribution in [-0.2, 0) is 0 Å². The van der Waals surface area contributed by atoms with E-state index in [2.05, 4.69) is 46.8 Å². The predicted molar refractivity (Wildman–Crippen MR) is 85.3 cm³/mol. The van der Waals surface area contributed by atoms with Gasteiger partial charge in [-0.05, 0) is 54.2 Å². The van der Waals surface area contributed by atoms with E-state index in [1.165, 1.54) is 18.5 Å². The average Bonchev–Trinajstić information content (AvgIpc) is 2.69. The van der Waals surface area contributed by atoms with Crippen LogP contribution in [0.4, 0.5) is 5.69 Å². The zero-order valence-corrected chi connectivity index (χ0v) is 13.2. The van der Waals surface area contributed by atoms with Gasteiger partial charge >= 0.3 is 0 Å². The Balaban J connectivity index is 2.50. The van der Waals surface area contributed by atoms with Gasteiger partial charge in [0.05, 0.1) is 0 Å². The number of anilines is 1. The molecular weight excluding hydrogens is 308 g/mol. The second kappa shape index (κ2) is 5.57. The summed E-state index contributed by atoms with van der Waals surface area (Å²) in [7, 11) is 0. The molecule has 2 N–H and O–H groups in total. The second-order valence-corrected chi connectivity index (χ2v) is 6.19. The third-order valence-corrected chi connectivity index (χ3v) is 4.64. The maximum absolute atomic E-state index is 5.89. The Labute approximate surface area is 123 Å². The van der Waals surface area contributed by atoms with Gasteiger partial charge in [-0.25, -0.2) is 0 Å². The van der Waals surface area contributed by atoms with Gasteiger partial charge < -0.3 is 10.6 Å². The fraction of sp³-hybridized carbons (Fsp3) is 0.500. The van der Waals surface area contributed by atoms with Crippen LogP contribution in [0.2, 0.25) is 0 Å². The van der Waals surface area contributed by atoms with Crippen molar-refractivity contribution in [3.8, 4) is 0 Å². The Morgan fingerprint density at radius 3 is 2.83 bits per heavy atom. The van der Waals surface area contributed by atoms with Crippen LogP contribution in [0, 0.1) is 0 Å². The first-order valence-electron chi connectivity index (χ1n) is 6.43. The zero-order valence-electron chi connectivity index (χ0n) is 10.8. The van der Waals surface area contributed by atoms with E-state index in [1.807, 2.05) is 6.07 Å². The van der Waals surface area contributed by atoms with E-state index < -0.39 is 0 Å². The van der Waals surface area contributed by atoms with Crippen LogP contribution in [0.3, 0.4) is 0 Å². The zero-order chi connectivity index (χ0) is 13.3. The largest absolute Gasteiger partial charge is 0.389 e. The number of thiocarbonyl (C=S) groups is 1. The van der Waals surface area contributed by atoms with Crippen LogP contribution in [0.5, 0.6) is 0 Å². The molecule has 1 heterocycles. The number of hydrogen-bond donors (Lipinski definition) is 1. The molecule has 18 heavy (non-hydrogen) atoms. The van der Waals surface area contributed by atoms with Crippen molar-refractivity contribution < 1.29 is 0 Å². The number of hydrogen-bond acceptors (Lipinski definition) is 2. The molecule has 1 aromatic rings. The first-order chi connectivity index (χ1) is 8.56. The number of halogens is 1. The summed E-state index contributed by atoms with van der Waals surface area (Å²) >= 11 is 8.77. The normalized spacial score (nSPS) is 23.4. The Morgan fingerprint density at radius 2 is 2.22 bits per heavy atom. The highest BCUT2D eigenvalue weighted by molar-refractivity contribution is 9.10. The van der Waals surface area contributed by atoms with E-state index in [9.17, 15) is 0 Å². The van der Waals surface area contributed by atoms with Crippen molar-refractivity contribution in [1.29, 1.82) is 0 Å². The highest BCUT2D eigenvalue weighted by Crippen LogP contribution is 2.36. The minimum Gasteiger partial charge on any atom is -0.389 e. The van der Waals surface area contributed by atoms with Crippen LogP contribution in [0.1, 0.15) is 38.7 Å². The number of rotatable bonds is 3. The Kier molecular flexibility index (Phi) is 4.28. The first kappa shape index (κ1) is 13.8. The highest BCUT2D eigenvalue weighted by Gasteiger charge is 2.31. The minimum atomic E-state index is 0.464. The molecule has 0 aliphatic carbocycles. The summed E-state index contributed by atoms with van der Waals surface area (Å²) < 4.78 is 0.987. The van der Waals surface area contributed by atoms with Gasteiger partial charge in [0, 0.05) is 27.8 Å². The molecule has 98 valence electrons. The van der Waals surface area contributed by atoms with Crippen molar-refractivity contribution in [2.24, 2.45) is 5.73 Å². The molecule has 4 heteroatoms. The molecule has 1 aromatic carbocycles. The van der Waals surface area contributed by atoms with E-state index in [4.69, 9.17) is 18.0 Å². The summed E-state index contributed by atoms with van der Waals surface area (Å²) in [5.74, 6) is 0. The first-order valence-corrected chi connectivity index (χ1v) is 7.63. The lowest BCUT2D eigenvalue weighted by Crippen LogP contribution is -2.35. The molecule has 0 spiro atoms. The number of benzene rings is 1. The van der Waals surface area contributed by atoms with Crippen LogP contribution >= 0.6 is 28.1 Å². The van der Waals surface area contributed by atoms with E-state index in [1.54, 1.807) is 0 Å². The lowest BCUT2D eigenvalue weighted by Gasteiger charge is -2.32. The summed E-state index contributed by atoms with van der Waals surface area (Å²) in [6.07, 6.45) is 3.65. The van der Waals surface area contributed by atoms with Crippen molar-refractivity contribution in [2.45, 2.75) is 45.2 Å². The Morgan fingerprint density at radius 1 is 1.50 bits per heavy atom. The van der Waals surface area contributed by atoms with E-state index in [0.29, 0.717) is 17.1 Å². The van der Waals surface area contributed by atoms with Crippen LogP contribution < -0.4 is 10.6 Å². The molecule has 1 fully saturated rings. The van der Waals surface area contributed by atoms with E-state index in [0.717, 1.165) is 16.5 Å². The smallest absolute Gasteiger partial charge is 0.107 e.